The van der Waals surface area contributed by atoms with Crippen LogP contribution in [-0.2, 0) is 0 Å². The molecule has 1 aliphatic rings. The summed E-state index contributed by atoms with van der Waals surface area (Å²) in [5.74, 6) is 0.850. The molecule has 0 aromatic heterocycles. The summed E-state index contributed by atoms with van der Waals surface area (Å²) in [5, 5.41) is 12.1. The first kappa shape index (κ1) is 13.6. The number of aliphatic hydroxyl groups excluding tert-OH is 1. The van der Waals surface area contributed by atoms with Crippen LogP contribution in [0.4, 0.5) is 0 Å². The zero-order valence-corrected chi connectivity index (χ0v) is 10.8. The molecule has 0 aliphatic carbocycles. The Balaban J connectivity index is 2.62. The van der Waals surface area contributed by atoms with Crippen LogP contribution in [0, 0.1) is 0 Å². The van der Waals surface area contributed by atoms with Crippen LogP contribution < -0.4 is 5.32 Å². The smallest absolute Gasteiger partial charge is 0.103 e. The van der Waals surface area contributed by atoms with Crippen LogP contribution >= 0.6 is 0 Å². The molecule has 0 bridgehead atoms. The van der Waals surface area contributed by atoms with E-state index in [1.807, 2.05) is 6.92 Å². The van der Waals surface area contributed by atoms with Crippen LogP contribution in [-0.4, -0.2) is 22.7 Å². The molecule has 0 amide bonds. The summed E-state index contributed by atoms with van der Waals surface area (Å²) in [4.78, 5) is 2.11. The zero-order chi connectivity index (χ0) is 13.0. The Morgan fingerprint density at radius 3 is 2.76 bits per heavy atom. The van der Waals surface area contributed by atoms with E-state index in [1.165, 1.54) is 0 Å². The number of nitrogens with one attached hydrogen (secondary N) is 1. The minimum atomic E-state index is 0.0671. The molecule has 1 aliphatic heterocycles. The summed E-state index contributed by atoms with van der Waals surface area (Å²) in [7, 11) is 0. The van der Waals surface area contributed by atoms with Gasteiger partial charge in [0.05, 0.1) is 6.61 Å². The van der Waals surface area contributed by atoms with E-state index >= 15 is 0 Å². The van der Waals surface area contributed by atoms with E-state index in [4.69, 9.17) is 5.11 Å². The maximum atomic E-state index is 8.92. The largest absolute Gasteiger partial charge is 0.392 e. The van der Waals surface area contributed by atoms with Crippen LogP contribution in [0.2, 0.25) is 0 Å². The number of rotatable bonds is 5. The Morgan fingerprint density at radius 1 is 1.53 bits per heavy atom. The summed E-state index contributed by atoms with van der Waals surface area (Å²) in [6.07, 6.45) is 3.83. The van der Waals surface area contributed by atoms with Gasteiger partial charge >= 0.3 is 0 Å². The van der Waals surface area contributed by atoms with Crippen LogP contribution in [0.1, 0.15) is 26.7 Å². The summed E-state index contributed by atoms with van der Waals surface area (Å²) < 4.78 is 0. The number of hydrogen-bond donors (Lipinski definition) is 2. The second kappa shape index (κ2) is 5.73. The van der Waals surface area contributed by atoms with Crippen molar-refractivity contribution in [1.82, 2.24) is 10.2 Å². The van der Waals surface area contributed by atoms with Crippen molar-refractivity contribution in [3.63, 3.8) is 0 Å². The maximum absolute atomic E-state index is 8.92. The Morgan fingerprint density at radius 2 is 2.18 bits per heavy atom. The lowest BCUT2D eigenvalue weighted by molar-refractivity contribution is 0.301. The molecular weight excluding hydrogens is 212 g/mol. The van der Waals surface area contributed by atoms with Gasteiger partial charge in [0.2, 0.25) is 0 Å². The fourth-order valence-electron chi connectivity index (χ4n) is 1.73. The minimum absolute atomic E-state index is 0.0671. The van der Waals surface area contributed by atoms with Crippen molar-refractivity contribution < 1.29 is 5.11 Å². The van der Waals surface area contributed by atoms with E-state index in [2.05, 4.69) is 43.1 Å². The minimum Gasteiger partial charge on any atom is -0.392 e. The molecule has 0 saturated heterocycles. The third-order valence-electron chi connectivity index (χ3n) is 3.03. The molecule has 0 saturated carbocycles. The summed E-state index contributed by atoms with van der Waals surface area (Å²) in [6, 6.07) is 0.321. The van der Waals surface area contributed by atoms with E-state index < -0.39 is 0 Å². The molecular formula is C14H22N2O. The van der Waals surface area contributed by atoms with Gasteiger partial charge in [0.25, 0.3) is 0 Å². The van der Waals surface area contributed by atoms with Gasteiger partial charge in [0.15, 0.2) is 0 Å². The van der Waals surface area contributed by atoms with E-state index in [1.54, 1.807) is 0 Å². The highest BCUT2D eigenvalue weighted by molar-refractivity contribution is 5.32. The first-order chi connectivity index (χ1) is 7.95. The highest BCUT2D eigenvalue weighted by Gasteiger charge is 2.18. The number of nitrogens with zero attached hydrogens (tertiary/aromatic N) is 1. The third kappa shape index (κ3) is 3.49. The number of aliphatic hydroxyl groups is 1. The van der Waals surface area contributed by atoms with Crippen molar-refractivity contribution in [2.24, 2.45) is 0 Å². The molecule has 1 rings (SSSR count). The zero-order valence-electron chi connectivity index (χ0n) is 10.8. The predicted molar refractivity (Wildman–Crippen MR) is 71.9 cm³/mol. The standard InChI is InChI=1S/C14H22N2O/c1-10(9-17)6-7-12(3)16-8-11(2)13(4)15-14(16)5/h8,12,15,17H,1,4-7,9H2,2-3H3. The summed E-state index contributed by atoms with van der Waals surface area (Å²) >= 11 is 0. The van der Waals surface area contributed by atoms with Crippen LogP contribution in [0.25, 0.3) is 0 Å². The van der Waals surface area contributed by atoms with Gasteiger partial charge in [-0.3, -0.25) is 0 Å². The molecule has 1 atom stereocenters. The van der Waals surface area contributed by atoms with E-state index in [0.29, 0.717) is 6.04 Å². The van der Waals surface area contributed by atoms with Crippen LogP contribution in [0.3, 0.4) is 0 Å². The van der Waals surface area contributed by atoms with E-state index in [-0.39, 0.29) is 6.61 Å². The highest BCUT2D eigenvalue weighted by atomic mass is 16.3. The van der Waals surface area contributed by atoms with Crippen molar-refractivity contribution in [3.05, 3.63) is 48.6 Å². The normalized spacial score (nSPS) is 17.6. The third-order valence-corrected chi connectivity index (χ3v) is 3.03. The molecule has 1 unspecified atom stereocenters. The maximum Gasteiger partial charge on any atom is 0.103 e. The Kier molecular flexibility index (Phi) is 4.58. The first-order valence-corrected chi connectivity index (χ1v) is 5.85. The van der Waals surface area contributed by atoms with E-state index in [0.717, 1.165) is 35.5 Å². The van der Waals surface area contributed by atoms with Gasteiger partial charge in [0, 0.05) is 17.9 Å². The van der Waals surface area contributed by atoms with Gasteiger partial charge in [0.1, 0.15) is 5.82 Å². The summed E-state index contributed by atoms with van der Waals surface area (Å²) in [5.41, 5.74) is 2.89. The van der Waals surface area contributed by atoms with Crippen molar-refractivity contribution in [3.8, 4) is 0 Å². The second-order valence-corrected chi connectivity index (χ2v) is 4.57. The quantitative estimate of drug-likeness (QED) is 0.717. The molecule has 3 nitrogen and oxygen atoms in total. The van der Waals surface area contributed by atoms with Crippen molar-refractivity contribution in [2.45, 2.75) is 32.7 Å². The fraction of sp³-hybridized carbons (Fsp3) is 0.429. The van der Waals surface area contributed by atoms with E-state index in [9.17, 15) is 0 Å². The van der Waals surface area contributed by atoms with Crippen LogP contribution in [0.5, 0.6) is 0 Å². The van der Waals surface area contributed by atoms with Crippen molar-refractivity contribution >= 4 is 0 Å². The first-order valence-electron chi connectivity index (χ1n) is 5.85. The SMILES string of the molecule is C=C(CO)CCC(C)N1C=C(C)C(=C)NC1=C. The lowest BCUT2D eigenvalue weighted by atomic mass is 10.1. The van der Waals surface area contributed by atoms with Crippen molar-refractivity contribution in [2.75, 3.05) is 6.61 Å². The molecule has 0 fully saturated rings. The Bertz CT molecular complexity index is 368. The molecule has 0 radical (unpaired) electrons. The Labute approximate surface area is 104 Å². The number of allylic oxidation sites excluding steroid dienone is 1. The Hall–Kier alpha value is -1.48. The molecule has 1 heterocycles. The molecule has 0 aromatic rings. The molecule has 0 spiro atoms. The lowest BCUT2D eigenvalue weighted by Gasteiger charge is -2.35. The van der Waals surface area contributed by atoms with Gasteiger partial charge in [-0.2, -0.15) is 0 Å². The second-order valence-electron chi connectivity index (χ2n) is 4.57. The monoisotopic (exact) mass is 234 g/mol. The topological polar surface area (TPSA) is 35.5 Å². The average molecular weight is 234 g/mol. The summed E-state index contributed by atoms with van der Waals surface area (Å²) in [6.45, 7) is 15.9. The predicted octanol–water partition coefficient (Wildman–Crippen LogP) is 2.50. The van der Waals surface area contributed by atoms with Crippen molar-refractivity contribution in [1.29, 1.82) is 0 Å². The van der Waals surface area contributed by atoms with Gasteiger partial charge in [-0.25, -0.2) is 0 Å². The van der Waals surface area contributed by atoms with Gasteiger partial charge in [-0.1, -0.05) is 25.3 Å². The molecule has 94 valence electrons. The fourth-order valence-corrected chi connectivity index (χ4v) is 1.73. The average Bonchev–Trinajstić information content (AvgIpc) is 2.30. The molecule has 2 N–H and O–H groups in total. The molecule has 0 aromatic carbocycles. The van der Waals surface area contributed by atoms with Gasteiger partial charge in [-0.05, 0) is 32.3 Å². The highest BCUT2D eigenvalue weighted by Crippen LogP contribution is 2.22. The van der Waals surface area contributed by atoms with Gasteiger partial charge < -0.3 is 15.3 Å². The molecule has 17 heavy (non-hydrogen) atoms. The number of hydrogen-bond acceptors (Lipinski definition) is 3. The molecule has 3 heteroatoms. The van der Waals surface area contributed by atoms with Gasteiger partial charge in [-0.15, -0.1) is 0 Å². The lowest BCUT2D eigenvalue weighted by Crippen LogP contribution is -2.37. The van der Waals surface area contributed by atoms with Crippen LogP contribution in [0.15, 0.2) is 48.6 Å².